The third-order valence-electron chi connectivity index (χ3n) is 1.69. The Balaban J connectivity index is 2.41. The summed E-state index contributed by atoms with van der Waals surface area (Å²) in [6.07, 6.45) is 0. The molecular weight excluding hydrogens is 264 g/mol. The van der Waals surface area contributed by atoms with Crippen molar-refractivity contribution in [1.82, 2.24) is 10.1 Å². The van der Waals surface area contributed by atoms with Crippen LogP contribution in [0.4, 0.5) is 0 Å². The normalized spacial score (nSPS) is 10.2. The van der Waals surface area contributed by atoms with Crippen molar-refractivity contribution in [2.45, 2.75) is 0 Å². The maximum Gasteiger partial charge on any atom is 0.377 e. The van der Waals surface area contributed by atoms with Crippen molar-refractivity contribution in [3.8, 4) is 11.5 Å². The SMILES string of the molecule is O=C(O)c1noc(-c2cccc(Br)c2)n1. The largest absolute Gasteiger partial charge is 0.475 e. The van der Waals surface area contributed by atoms with Gasteiger partial charge in [-0.1, -0.05) is 22.0 Å². The second-order valence-corrected chi connectivity index (χ2v) is 3.65. The number of benzene rings is 1. The number of rotatable bonds is 2. The fourth-order valence-electron chi connectivity index (χ4n) is 1.05. The summed E-state index contributed by atoms with van der Waals surface area (Å²) in [6, 6.07) is 7.16. The molecule has 0 aliphatic heterocycles. The van der Waals surface area contributed by atoms with Crippen molar-refractivity contribution < 1.29 is 14.4 Å². The van der Waals surface area contributed by atoms with Gasteiger partial charge in [-0.05, 0) is 23.4 Å². The van der Waals surface area contributed by atoms with Crippen LogP contribution in [0.25, 0.3) is 11.5 Å². The van der Waals surface area contributed by atoms with Gasteiger partial charge < -0.3 is 9.63 Å². The minimum absolute atomic E-state index is 0.189. The lowest BCUT2D eigenvalue weighted by Crippen LogP contribution is -1.98. The number of hydrogen-bond acceptors (Lipinski definition) is 4. The number of aromatic nitrogens is 2. The van der Waals surface area contributed by atoms with Crippen molar-refractivity contribution in [1.29, 1.82) is 0 Å². The highest BCUT2D eigenvalue weighted by atomic mass is 79.9. The fourth-order valence-corrected chi connectivity index (χ4v) is 1.45. The quantitative estimate of drug-likeness (QED) is 0.904. The Labute approximate surface area is 92.9 Å². The standard InChI is InChI=1S/C9H5BrN2O3/c10-6-3-1-2-5(4-6)8-11-7(9(13)14)12-15-8/h1-4H,(H,13,14). The molecule has 0 amide bonds. The maximum atomic E-state index is 10.5. The van der Waals surface area contributed by atoms with Crippen molar-refractivity contribution in [2.75, 3.05) is 0 Å². The van der Waals surface area contributed by atoms with E-state index >= 15 is 0 Å². The molecule has 0 saturated carbocycles. The smallest absolute Gasteiger partial charge is 0.377 e. The van der Waals surface area contributed by atoms with E-state index < -0.39 is 5.97 Å². The first-order valence-corrected chi connectivity index (χ1v) is 4.79. The highest BCUT2D eigenvalue weighted by molar-refractivity contribution is 9.10. The minimum atomic E-state index is -1.21. The summed E-state index contributed by atoms with van der Waals surface area (Å²) in [5.74, 6) is -1.36. The van der Waals surface area contributed by atoms with Crippen LogP contribution in [0, 0.1) is 0 Å². The van der Waals surface area contributed by atoms with Gasteiger partial charge in [-0.2, -0.15) is 4.98 Å². The average molecular weight is 269 g/mol. The van der Waals surface area contributed by atoms with E-state index in [1.807, 2.05) is 6.07 Å². The summed E-state index contributed by atoms with van der Waals surface area (Å²) in [5, 5.41) is 11.9. The Morgan fingerprint density at radius 1 is 1.47 bits per heavy atom. The molecule has 0 saturated heterocycles. The van der Waals surface area contributed by atoms with Crippen molar-refractivity contribution >= 4 is 21.9 Å². The van der Waals surface area contributed by atoms with Gasteiger partial charge in [-0.3, -0.25) is 0 Å². The Kier molecular flexibility index (Phi) is 2.51. The topological polar surface area (TPSA) is 76.2 Å². The number of halogens is 1. The molecule has 0 aliphatic carbocycles. The number of carboxylic acid groups (broad SMARTS) is 1. The molecule has 0 aliphatic rings. The number of aromatic carboxylic acids is 1. The summed E-state index contributed by atoms with van der Waals surface area (Å²) < 4.78 is 5.66. The molecule has 1 heterocycles. The number of carbonyl (C=O) groups is 1. The van der Waals surface area contributed by atoms with Crippen LogP contribution in [0.2, 0.25) is 0 Å². The van der Waals surface area contributed by atoms with Gasteiger partial charge in [-0.15, -0.1) is 0 Å². The molecule has 1 aromatic heterocycles. The van der Waals surface area contributed by atoms with Gasteiger partial charge in [0.25, 0.3) is 11.7 Å². The summed E-state index contributed by atoms with van der Waals surface area (Å²) in [7, 11) is 0. The second kappa shape index (κ2) is 3.82. The highest BCUT2D eigenvalue weighted by Gasteiger charge is 2.13. The first-order chi connectivity index (χ1) is 7.16. The van der Waals surface area contributed by atoms with Crippen molar-refractivity contribution in [3.05, 3.63) is 34.6 Å². The zero-order chi connectivity index (χ0) is 10.8. The van der Waals surface area contributed by atoms with E-state index in [-0.39, 0.29) is 11.7 Å². The lowest BCUT2D eigenvalue weighted by molar-refractivity contribution is 0.0680. The summed E-state index contributed by atoms with van der Waals surface area (Å²) >= 11 is 3.29. The number of nitrogens with zero attached hydrogens (tertiary/aromatic N) is 2. The molecule has 1 N–H and O–H groups in total. The molecule has 0 radical (unpaired) electrons. The van der Waals surface area contributed by atoms with Crippen LogP contribution in [-0.4, -0.2) is 21.2 Å². The molecule has 0 unspecified atom stereocenters. The van der Waals surface area contributed by atoms with Crippen LogP contribution in [0.1, 0.15) is 10.6 Å². The molecule has 2 rings (SSSR count). The lowest BCUT2D eigenvalue weighted by Gasteiger charge is -1.93. The molecule has 0 bridgehead atoms. The zero-order valence-corrected chi connectivity index (χ0v) is 8.93. The Morgan fingerprint density at radius 3 is 2.87 bits per heavy atom. The van der Waals surface area contributed by atoms with E-state index in [4.69, 9.17) is 9.63 Å². The van der Waals surface area contributed by atoms with E-state index in [0.717, 1.165) is 4.47 Å². The summed E-state index contributed by atoms with van der Waals surface area (Å²) in [4.78, 5) is 14.2. The van der Waals surface area contributed by atoms with Gasteiger partial charge in [0.1, 0.15) is 0 Å². The van der Waals surface area contributed by atoms with Gasteiger partial charge in [0.2, 0.25) is 0 Å². The zero-order valence-electron chi connectivity index (χ0n) is 7.35. The molecule has 2 aromatic rings. The highest BCUT2D eigenvalue weighted by Crippen LogP contribution is 2.21. The van der Waals surface area contributed by atoms with Crippen LogP contribution in [-0.2, 0) is 0 Å². The summed E-state index contributed by atoms with van der Waals surface area (Å²) in [5.41, 5.74) is 0.671. The fraction of sp³-hybridized carbons (Fsp3) is 0. The predicted molar refractivity (Wildman–Crippen MR) is 54.4 cm³/mol. The third kappa shape index (κ3) is 2.04. The van der Waals surface area contributed by atoms with E-state index in [1.165, 1.54) is 0 Å². The first kappa shape index (κ1) is 9.85. The van der Waals surface area contributed by atoms with Crippen LogP contribution in [0.15, 0.2) is 33.3 Å². The van der Waals surface area contributed by atoms with Gasteiger partial charge in [0.15, 0.2) is 0 Å². The predicted octanol–water partition coefficient (Wildman–Crippen LogP) is 2.20. The van der Waals surface area contributed by atoms with Crippen molar-refractivity contribution in [2.24, 2.45) is 0 Å². The Hall–Kier alpha value is -1.69. The average Bonchev–Trinajstić information content (AvgIpc) is 2.66. The maximum absolute atomic E-state index is 10.5. The first-order valence-electron chi connectivity index (χ1n) is 4.00. The van der Waals surface area contributed by atoms with E-state index in [9.17, 15) is 4.79 Å². The third-order valence-corrected chi connectivity index (χ3v) is 2.18. The van der Waals surface area contributed by atoms with Crippen LogP contribution in [0.5, 0.6) is 0 Å². The number of carboxylic acids is 1. The Morgan fingerprint density at radius 2 is 2.27 bits per heavy atom. The second-order valence-electron chi connectivity index (χ2n) is 2.74. The van der Waals surface area contributed by atoms with Gasteiger partial charge in [0, 0.05) is 10.0 Å². The molecule has 1 aromatic carbocycles. The molecule has 6 heteroatoms. The lowest BCUT2D eigenvalue weighted by atomic mass is 10.2. The van der Waals surface area contributed by atoms with E-state index in [1.54, 1.807) is 18.2 Å². The van der Waals surface area contributed by atoms with Crippen LogP contribution < -0.4 is 0 Å². The molecule has 15 heavy (non-hydrogen) atoms. The molecule has 0 fully saturated rings. The summed E-state index contributed by atoms with van der Waals surface area (Å²) in [6.45, 7) is 0. The van der Waals surface area contributed by atoms with Gasteiger partial charge >= 0.3 is 5.97 Å². The molecule has 5 nitrogen and oxygen atoms in total. The molecular formula is C9H5BrN2O3. The molecule has 0 atom stereocenters. The number of hydrogen-bond donors (Lipinski definition) is 1. The van der Waals surface area contributed by atoms with E-state index in [0.29, 0.717) is 5.56 Å². The monoisotopic (exact) mass is 268 g/mol. The minimum Gasteiger partial charge on any atom is -0.475 e. The van der Waals surface area contributed by atoms with Crippen LogP contribution >= 0.6 is 15.9 Å². The molecule has 0 spiro atoms. The van der Waals surface area contributed by atoms with Crippen molar-refractivity contribution in [3.63, 3.8) is 0 Å². The van der Waals surface area contributed by atoms with E-state index in [2.05, 4.69) is 26.1 Å². The Bertz CT molecular complexity index is 510. The molecule has 76 valence electrons. The van der Waals surface area contributed by atoms with Gasteiger partial charge in [-0.25, -0.2) is 4.79 Å². The van der Waals surface area contributed by atoms with Gasteiger partial charge in [0.05, 0.1) is 0 Å². The van der Waals surface area contributed by atoms with Crippen LogP contribution in [0.3, 0.4) is 0 Å².